The highest BCUT2D eigenvalue weighted by atomic mass is 79.9. The van der Waals surface area contributed by atoms with Crippen molar-refractivity contribution in [3.05, 3.63) is 58.6 Å². The van der Waals surface area contributed by atoms with Crippen LogP contribution in [0.3, 0.4) is 0 Å². The van der Waals surface area contributed by atoms with Gasteiger partial charge >= 0.3 is 0 Å². The van der Waals surface area contributed by atoms with E-state index in [1.54, 1.807) is 24.3 Å². The summed E-state index contributed by atoms with van der Waals surface area (Å²) in [6.07, 6.45) is 0. The summed E-state index contributed by atoms with van der Waals surface area (Å²) in [6.45, 7) is 4.87. The summed E-state index contributed by atoms with van der Waals surface area (Å²) in [6, 6.07) is 14.4. The van der Waals surface area contributed by atoms with Gasteiger partial charge in [0.15, 0.2) is 0 Å². The third-order valence-electron chi connectivity index (χ3n) is 3.94. The number of nitrogens with one attached hydrogen (secondary N) is 1. The Morgan fingerprint density at radius 1 is 1.04 bits per heavy atom. The van der Waals surface area contributed by atoms with E-state index in [4.69, 9.17) is 0 Å². The number of nitrogens with zero attached hydrogens (tertiary/aromatic N) is 1. The van der Waals surface area contributed by atoms with Gasteiger partial charge in [-0.1, -0.05) is 41.9 Å². The summed E-state index contributed by atoms with van der Waals surface area (Å²) in [5.74, 6) is 0.263. The van der Waals surface area contributed by atoms with Crippen molar-refractivity contribution in [1.82, 2.24) is 9.62 Å². The minimum atomic E-state index is -3.45. The van der Waals surface area contributed by atoms with Crippen molar-refractivity contribution in [2.45, 2.75) is 30.2 Å². The summed E-state index contributed by atoms with van der Waals surface area (Å²) in [4.78, 5) is 13.3. The molecule has 1 amide bonds. The van der Waals surface area contributed by atoms with Crippen LogP contribution in [-0.2, 0) is 21.4 Å². The number of carbonyl (C=O) groups excluding carboxylic acids is 1. The molecular formula is C19H23BrN2O3S2. The van der Waals surface area contributed by atoms with E-state index in [9.17, 15) is 13.2 Å². The molecular weight excluding hydrogens is 448 g/mol. The van der Waals surface area contributed by atoms with Crippen LogP contribution in [0.1, 0.15) is 19.4 Å². The fourth-order valence-corrected chi connectivity index (χ4v) is 4.87. The Kier molecular flexibility index (Phi) is 8.34. The first-order valence-corrected chi connectivity index (χ1v) is 11.8. The molecule has 5 nitrogen and oxygen atoms in total. The molecule has 0 saturated carbocycles. The predicted octanol–water partition coefficient (Wildman–Crippen LogP) is 3.89. The van der Waals surface area contributed by atoms with Crippen molar-refractivity contribution < 1.29 is 13.2 Å². The van der Waals surface area contributed by atoms with E-state index in [1.165, 1.54) is 16.1 Å². The van der Waals surface area contributed by atoms with E-state index in [1.807, 2.05) is 38.1 Å². The molecule has 0 aliphatic carbocycles. The topological polar surface area (TPSA) is 66.5 Å². The van der Waals surface area contributed by atoms with Gasteiger partial charge in [-0.05, 0) is 42.0 Å². The third-order valence-corrected chi connectivity index (χ3v) is 7.54. The van der Waals surface area contributed by atoms with Crippen LogP contribution in [0.2, 0.25) is 0 Å². The van der Waals surface area contributed by atoms with Crippen LogP contribution in [0.15, 0.2) is 62.8 Å². The molecule has 0 aliphatic rings. The Labute approximate surface area is 173 Å². The van der Waals surface area contributed by atoms with Crippen LogP contribution in [0.5, 0.6) is 0 Å². The van der Waals surface area contributed by atoms with Gasteiger partial charge in [-0.2, -0.15) is 4.31 Å². The van der Waals surface area contributed by atoms with Gasteiger partial charge < -0.3 is 5.32 Å². The maximum absolute atomic E-state index is 12.5. The molecule has 0 radical (unpaired) electrons. The number of hydrogen-bond donors (Lipinski definition) is 1. The zero-order valence-electron chi connectivity index (χ0n) is 15.3. The fraction of sp³-hybridized carbons (Fsp3) is 0.316. The van der Waals surface area contributed by atoms with Crippen LogP contribution in [0, 0.1) is 0 Å². The molecule has 0 aliphatic heterocycles. The number of thioether (sulfide) groups is 1. The molecule has 0 bridgehead atoms. The summed E-state index contributed by atoms with van der Waals surface area (Å²) in [5.41, 5.74) is 0.857. The van der Waals surface area contributed by atoms with Gasteiger partial charge in [-0.3, -0.25) is 4.79 Å². The van der Waals surface area contributed by atoms with Crippen molar-refractivity contribution in [2.75, 3.05) is 18.8 Å². The van der Waals surface area contributed by atoms with E-state index >= 15 is 0 Å². The molecule has 0 spiro atoms. The minimum Gasteiger partial charge on any atom is -0.351 e. The Hall–Kier alpha value is -1.35. The highest BCUT2D eigenvalue weighted by Crippen LogP contribution is 2.20. The smallest absolute Gasteiger partial charge is 0.243 e. The van der Waals surface area contributed by atoms with Crippen LogP contribution in [-0.4, -0.2) is 37.5 Å². The number of amides is 1. The average molecular weight is 471 g/mol. The third kappa shape index (κ3) is 6.34. The second-order valence-electron chi connectivity index (χ2n) is 5.75. The van der Waals surface area contributed by atoms with Gasteiger partial charge in [-0.15, -0.1) is 11.8 Å². The number of rotatable bonds is 9. The summed E-state index contributed by atoms with van der Waals surface area (Å²) in [5, 5.41) is 2.85. The van der Waals surface area contributed by atoms with E-state index in [0.717, 1.165) is 14.9 Å². The summed E-state index contributed by atoms with van der Waals surface area (Å²) in [7, 11) is -3.45. The first-order valence-electron chi connectivity index (χ1n) is 8.61. The number of hydrogen-bond acceptors (Lipinski definition) is 4. The van der Waals surface area contributed by atoms with Crippen LogP contribution < -0.4 is 5.32 Å². The monoisotopic (exact) mass is 470 g/mol. The zero-order valence-corrected chi connectivity index (χ0v) is 18.5. The molecule has 27 heavy (non-hydrogen) atoms. The van der Waals surface area contributed by atoms with Gasteiger partial charge in [0, 0.05) is 29.0 Å². The first kappa shape index (κ1) is 21.9. The lowest BCUT2D eigenvalue weighted by atomic mass is 10.2. The molecule has 2 aromatic rings. The first-order chi connectivity index (χ1) is 12.9. The molecule has 0 saturated heterocycles. The standard InChI is InChI=1S/C19H23BrN2O3S2/c1-3-22(4-2)27(24,25)18-11-5-15(6-12-18)13-21-19(23)14-26-17-9-7-16(20)8-10-17/h5-12H,3-4,13-14H2,1-2H3,(H,21,23). The number of halogens is 1. The Bertz CT molecular complexity index is 850. The highest BCUT2D eigenvalue weighted by molar-refractivity contribution is 9.10. The van der Waals surface area contributed by atoms with E-state index in [2.05, 4.69) is 21.2 Å². The summed E-state index contributed by atoms with van der Waals surface area (Å²) >= 11 is 4.85. The Balaban J connectivity index is 1.87. The quantitative estimate of drug-likeness (QED) is 0.564. The van der Waals surface area contributed by atoms with E-state index in [0.29, 0.717) is 25.4 Å². The Morgan fingerprint density at radius 3 is 2.19 bits per heavy atom. The van der Waals surface area contributed by atoms with E-state index in [-0.39, 0.29) is 10.8 Å². The maximum atomic E-state index is 12.5. The van der Waals surface area contributed by atoms with Gasteiger partial charge in [0.1, 0.15) is 0 Å². The van der Waals surface area contributed by atoms with E-state index < -0.39 is 10.0 Å². The Morgan fingerprint density at radius 2 is 1.63 bits per heavy atom. The zero-order chi connectivity index (χ0) is 19.9. The molecule has 0 heterocycles. The molecule has 2 rings (SSSR count). The van der Waals surface area contributed by atoms with Gasteiger partial charge in [0.2, 0.25) is 15.9 Å². The molecule has 0 atom stereocenters. The van der Waals surface area contributed by atoms with Crippen molar-refractivity contribution in [2.24, 2.45) is 0 Å². The van der Waals surface area contributed by atoms with Crippen molar-refractivity contribution in [3.8, 4) is 0 Å². The van der Waals surface area contributed by atoms with Crippen molar-refractivity contribution in [1.29, 1.82) is 0 Å². The molecule has 0 unspecified atom stereocenters. The predicted molar refractivity (Wildman–Crippen MR) is 113 cm³/mol. The molecule has 146 valence electrons. The molecule has 0 fully saturated rings. The van der Waals surface area contributed by atoms with Crippen molar-refractivity contribution in [3.63, 3.8) is 0 Å². The maximum Gasteiger partial charge on any atom is 0.243 e. The number of sulfonamides is 1. The van der Waals surface area contributed by atoms with Crippen LogP contribution in [0.25, 0.3) is 0 Å². The number of carbonyl (C=O) groups is 1. The lowest BCUT2D eigenvalue weighted by molar-refractivity contribution is -0.118. The second kappa shape index (κ2) is 10.3. The SMILES string of the molecule is CCN(CC)S(=O)(=O)c1ccc(CNC(=O)CSc2ccc(Br)cc2)cc1. The molecule has 2 aromatic carbocycles. The largest absolute Gasteiger partial charge is 0.351 e. The lowest BCUT2D eigenvalue weighted by Gasteiger charge is -2.18. The minimum absolute atomic E-state index is 0.0669. The fourth-order valence-electron chi connectivity index (χ4n) is 2.42. The summed E-state index contributed by atoms with van der Waals surface area (Å²) < 4.78 is 27.3. The molecule has 8 heteroatoms. The average Bonchev–Trinajstić information content (AvgIpc) is 2.67. The van der Waals surface area contributed by atoms with Crippen LogP contribution in [0.4, 0.5) is 0 Å². The van der Waals surface area contributed by atoms with Crippen LogP contribution >= 0.6 is 27.7 Å². The number of benzene rings is 2. The highest BCUT2D eigenvalue weighted by Gasteiger charge is 2.21. The molecule has 0 aromatic heterocycles. The normalized spacial score (nSPS) is 11.6. The van der Waals surface area contributed by atoms with Gasteiger partial charge in [0.05, 0.1) is 10.6 Å². The van der Waals surface area contributed by atoms with Gasteiger partial charge in [0.25, 0.3) is 0 Å². The second-order valence-corrected chi connectivity index (χ2v) is 9.65. The van der Waals surface area contributed by atoms with Crippen molar-refractivity contribution >= 4 is 43.6 Å². The molecule has 1 N–H and O–H groups in total. The van der Waals surface area contributed by atoms with Gasteiger partial charge in [-0.25, -0.2) is 8.42 Å². The lowest BCUT2D eigenvalue weighted by Crippen LogP contribution is -2.30.